The minimum absolute atomic E-state index is 0.0342. The Balaban J connectivity index is 1.63. The first-order chi connectivity index (χ1) is 12.5. The molecule has 26 heavy (non-hydrogen) atoms. The summed E-state index contributed by atoms with van der Waals surface area (Å²) in [6.07, 6.45) is 10.5. The molecule has 2 aliphatic rings. The maximum absolute atomic E-state index is 12.2. The highest BCUT2D eigenvalue weighted by Gasteiger charge is 2.36. The number of aliphatic imine (C=N–C) groups is 1. The van der Waals surface area contributed by atoms with Crippen LogP contribution in [0.25, 0.3) is 11.0 Å². The van der Waals surface area contributed by atoms with E-state index in [1.54, 1.807) is 7.05 Å². The van der Waals surface area contributed by atoms with Crippen LogP contribution in [0.15, 0.2) is 23.5 Å². The van der Waals surface area contributed by atoms with Gasteiger partial charge in [-0.15, -0.1) is 0 Å². The van der Waals surface area contributed by atoms with Crippen molar-refractivity contribution in [3.05, 3.63) is 24.0 Å². The zero-order valence-electron chi connectivity index (χ0n) is 15.5. The molecule has 0 unspecified atom stereocenters. The lowest BCUT2D eigenvalue weighted by Crippen LogP contribution is -2.47. The molecule has 0 saturated heterocycles. The third kappa shape index (κ3) is 2.95. The predicted octanol–water partition coefficient (Wildman–Crippen LogP) is 2.40. The Morgan fingerprint density at radius 2 is 2.04 bits per heavy atom. The van der Waals surface area contributed by atoms with Crippen molar-refractivity contribution in [1.29, 1.82) is 0 Å². The van der Waals surface area contributed by atoms with Gasteiger partial charge in [-0.3, -0.25) is 9.69 Å². The zero-order chi connectivity index (χ0) is 18.3. The summed E-state index contributed by atoms with van der Waals surface area (Å²) in [5.74, 6) is 0.909. The normalized spacial score (nSPS) is 24.9. The Labute approximate surface area is 153 Å². The number of nitrogens with two attached hydrogens (primary N) is 1. The van der Waals surface area contributed by atoms with E-state index in [0.717, 1.165) is 23.1 Å². The Morgan fingerprint density at radius 1 is 1.27 bits per heavy atom. The van der Waals surface area contributed by atoms with Crippen LogP contribution in [0.4, 0.5) is 0 Å². The molecule has 1 fully saturated rings. The molecule has 0 aromatic carbocycles. The Hall–Kier alpha value is -2.44. The van der Waals surface area contributed by atoms with E-state index < -0.39 is 5.54 Å². The minimum Gasteiger partial charge on any atom is -0.369 e. The molecule has 1 aliphatic heterocycles. The van der Waals surface area contributed by atoms with Gasteiger partial charge >= 0.3 is 0 Å². The highest BCUT2D eigenvalue weighted by Crippen LogP contribution is 2.34. The van der Waals surface area contributed by atoms with Crippen molar-refractivity contribution >= 4 is 22.9 Å². The van der Waals surface area contributed by atoms with Crippen molar-refractivity contribution in [1.82, 2.24) is 19.7 Å². The number of pyridine rings is 1. The largest absolute Gasteiger partial charge is 0.369 e. The summed E-state index contributed by atoms with van der Waals surface area (Å²) in [6, 6.07) is 2.04. The molecule has 0 spiro atoms. The number of carbonyl (C=O) groups excluding carboxylic acids is 1. The number of rotatable bonds is 3. The van der Waals surface area contributed by atoms with Crippen LogP contribution in [0.3, 0.4) is 0 Å². The van der Waals surface area contributed by atoms with Crippen LogP contribution < -0.4 is 5.73 Å². The van der Waals surface area contributed by atoms with E-state index in [-0.39, 0.29) is 18.3 Å². The van der Waals surface area contributed by atoms with E-state index in [9.17, 15) is 4.79 Å². The van der Waals surface area contributed by atoms with Crippen LogP contribution in [0.5, 0.6) is 0 Å². The van der Waals surface area contributed by atoms with Crippen LogP contribution in [0, 0.1) is 5.92 Å². The van der Waals surface area contributed by atoms with Gasteiger partial charge in [-0.25, -0.2) is 14.7 Å². The molecule has 0 bridgehead atoms. The summed E-state index contributed by atoms with van der Waals surface area (Å²) in [5.41, 5.74) is 7.04. The smallest absolute Gasteiger partial charge is 0.231 e. The monoisotopic (exact) mass is 354 g/mol. The topological polar surface area (TPSA) is 89.4 Å². The van der Waals surface area contributed by atoms with Gasteiger partial charge in [0, 0.05) is 25.2 Å². The average Bonchev–Trinajstić information content (AvgIpc) is 3.03. The molecule has 1 amide bonds. The summed E-state index contributed by atoms with van der Waals surface area (Å²) in [7, 11) is 1.65. The van der Waals surface area contributed by atoms with Crippen LogP contribution in [-0.2, 0) is 16.9 Å². The summed E-state index contributed by atoms with van der Waals surface area (Å²) in [6.45, 7) is 2.86. The lowest BCUT2D eigenvalue weighted by atomic mass is 9.88. The van der Waals surface area contributed by atoms with Gasteiger partial charge in [-0.05, 0) is 37.3 Å². The quantitative estimate of drug-likeness (QED) is 0.916. The fourth-order valence-electron chi connectivity index (χ4n) is 4.09. The van der Waals surface area contributed by atoms with Crippen LogP contribution in [0.2, 0.25) is 0 Å². The summed E-state index contributed by atoms with van der Waals surface area (Å²) in [5, 5.41) is 5.54. The van der Waals surface area contributed by atoms with Gasteiger partial charge in [0.2, 0.25) is 5.91 Å². The summed E-state index contributed by atoms with van der Waals surface area (Å²) >= 11 is 0. The highest BCUT2D eigenvalue weighted by molar-refractivity contribution is 5.98. The van der Waals surface area contributed by atoms with E-state index >= 15 is 0 Å². The Bertz CT molecular complexity index is 866. The number of amides is 1. The van der Waals surface area contributed by atoms with Crippen molar-refractivity contribution < 1.29 is 4.79 Å². The van der Waals surface area contributed by atoms with Crippen molar-refractivity contribution in [2.24, 2.45) is 16.6 Å². The average molecular weight is 354 g/mol. The number of hydrogen-bond donors (Lipinski definition) is 1. The summed E-state index contributed by atoms with van der Waals surface area (Å²) in [4.78, 5) is 22.8. The highest BCUT2D eigenvalue weighted by atomic mass is 16.2. The van der Waals surface area contributed by atoms with Gasteiger partial charge in [0.15, 0.2) is 11.6 Å². The fourth-order valence-corrected chi connectivity index (χ4v) is 4.09. The first kappa shape index (κ1) is 17.0. The lowest BCUT2D eigenvalue weighted by Gasteiger charge is -2.33. The predicted molar refractivity (Wildman–Crippen MR) is 100 cm³/mol. The molecular formula is C19H26N6O. The van der Waals surface area contributed by atoms with Crippen molar-refractivity contribution in [2.45, 2.75) is 57.5 Å². The third-order valence-electron chi connectivity index (χ3n) is 5.83. The number of nitrogens with zero attached hydrogens (tertiary/aromatic N) is 5. The van der Waals surface area contributed by atoms with Crippen LogP contribution in [-0.4, -0.2) is 38.6 Å². The van der Waals surface area contributed by atoms with Gasteiger partial charge in [-0.2, -0.15) is 5.10 Å². The molecular weight excluding hydrogens is 328 g/mol. The molecule has 138 valence electrons. The fraction of sp³-hybridized carbons (Fsp3) is 0.579. The first-order valence-electron chi connectivity index (χ1n) is 9.40. The number of fused-ring (bicyclic) bond motifs is 1. The molecule has 1 saturated carbocycles. The number of guanidine groups is 1. The van der Waals surface area contributed by atoms with Crippen molar-refractivity contribution in [2.75, 3.05) is 7.05 Å². The van der Waals surface area contributed by atoms with E-state index in [1.807, 2.05) is 30.1 Å². The minimum atomic E-state index is -0.680. The molecule has 1 atom stereocenters. The van der Waals surface area contributed by atoms with Crippen molar-refractivity contribution in [3.8, 4) is 0 Å². The first-order valence-corrected chi connectivity index (χ1v) is 9.40. The van der Waals surface area contributed by atoms with Gasteiger partial charge in [0.25, 0.3) is 0 Å². The second-order valence-electron chi connectivity index (χ2n) is 7.84. The molecule has 1 aliphatic carbocycles. The second kappa shape index (κ2) is 6.37. The van der Waals surface area contributed by atoms with Gasteiger partial charge in [-0.1, -0.05) is 19.3 Å². The molecule has 2 aromatic heterocycles. The standard InChI is InChI=1S/C19H26N6O/c1-19(9-16(26)24(2)18(20)23-19)15-8-14-10-22-25(17(14)21-11-15)12-13-6-4-3-5-7-13/h8,10-11,13H,3-7,9,12H2,1-2H3,(H2,20,23)/t19-/m0/s1. The van der Waals surface area contributed by atoms with Gasteiger partial charge in [0.1, 0.15) is 0 Å². The lowest BCUT2D eigenvalue weighted by molar-refractivity contribution is -0.128. The summed E-state index contributed by atoms with van der Waals surface area (Å²) < 4.78 is 2.02. The number of aromatic nitrogens is 3. The Kier molecular flexibility index (Phi) is 4.17. The molecule has 7 heteroatoms. The van der Waals surface area contributed by atoms with E-state index in [2.05, 4.69) is 15.1 Å². The number of hydrogen-bond acceptors (Lipinski definition) is 5. The molecule has 4 rings (SSSR count). The van der Waals surface area contributed by atoms with Crippen LogP contribution in [0.1, 0.15) is 51.0 Å². The van der Waals surface area contributed by atoms with Gasteiger partial charge < -0.3 is 5.73 Å². The third-order valence-corrected chi connectivity index (χ3v) is 5.83. The molecule has 2 N–H and O–H groups in total. The zero-order valence-corrected chi connectivity index (χ0v) is 15.5. The van der Waals surface area contributed by atoms with E-state index in [0.29, 0.717) is 5.92 Å². The van der Waals surface area contributed by atoms with Crippen LogP contribution >= 0.6 is 0 Å². The van der Waals surface area contributed by atoms with E-state index in [1.165, 1.54) is 37.0 Å². The van der Waals surface area contributed by atoms with Crippen molar-refractivity contribution in [3.63, 3.8) is 0 Å². The SMILES string of the molecule is CN1C(=O)C[C@@](C)(c2cnc3c(cnn3CC3CCCCC3)c2)N=C1N. The second-order valence-corrected chi connectivity index (χ2v) is 7.84. The van der Waals surface area contributed by atoms with Gasteiger partial charge in [0.05, 0.1) is 18.2 Å². The Morgan fingerprint density at radius 3 is 2.77 bits per heavy atom. The molecule has 0 radical (unpaired) electrons. The maximum atomic E-state index is 12.2. The van der Waals surface area contributed by atoms with E-state index in [4.69, 9.17) is 5.73 Å². The molecule has 2 aromatic rings. The number of carbonyl (C=O) groups is 1. The molecule has 3 heterocycles. The molecule has 7 nitrogen and oxygen atoms in total. The maximum Gasteiger partial charge on any atom is 0.231 e.